The predicted octanol–water partition coefficient (Wildman–Crippen LogP) is 1.94. The molecule has 1 amide bonds. The molecule has 0 atom stereocenters. The molecule has 1 heterocycles. The molecule has 0 aliphatic heterocycles. The molecule has 2 N–H and O–H groups in total. The van der Waals surface area contributed by atoms with Crippen LogP contribution in [0.5, 0.6) is 0 Å². The van der Waals surface area contributed by atoms with Crippen molar-refractivity contribution < 1.29 is 4.79 Å². The number of nitrogen functional groups attached to an aromatic ring is 1. The summed E-state index contributed by atoms with van der Waals surface area (Å²) in [6.45, 7) is 5.20. The van der Waals surface area contributed by atoms with Gasteiger partial charge in [-0.05, 0) is 26.0 Å². The van der Waals surface area contributed by atoms with E-state index >= 15 is 0 Å². The van der Waals surface area contributed by atoms with Gasteiger partial charge in [-0.3, -0.25) is 4.79 Å². The Morgan fingerprint density at radius 2 is 1.89 bits per heavy atom. The molecule has 19 heavy (non-hydrogen) atoms. The lowest BCUT2D eigenvalue weighted by Crippen LogP contribution is -2.30. The summed E-state index contributed by atoms with van der Waals surface area (Å²) >= 11 is 0. The minimum absolute atomic E-state index is 0.0790. The third kappa shape index (κ3) is 2.45. The number of para-hydroxylation sites is 1. The Bertz CT molecular complexity index is 558. The minimum Gasteiger partial charge on any atom is -0.383 e. The third-order valence-electron chi connectivity index (χ3n) is 3.09. The van der Waals surface area contributed by atoms with Gasteiger partial charge in [0.1, 0.15) is 11.4 Å². The van der Waals surface area contributed by atoms with Crippen molar-refractivity contribution in [2.24, 2.45) is 0 Å². The SMILES string of the molecule is CCN(CC)C(=O)c1cnn(-c2ccccc2)c1N. The van der Waals surface area contributed by atoms with Crippen LogP contribution in [0.3, 0.4) is 0 Å². The van der Waals surface area contributed by atoms with Crippen molar-refractivity contribution in [2.45, 2.75) is 13.8 Å². The van der Waals surface area contributed by atoms with Gasteiger partial charge in [0.2, 0.25) is 0 Å². The monoisotopic (exact) mass is 258 g/mol. The molecule has 0 spiro atoms. The summed E-state index contributed by atoms with van der Waals surface area (Å²) in [5, 5.41) is 4.20. The molecular weight excluding hydrogens is 240 g/mol. The average Bonchev–Trinajstić information content (AvgIpc) is 2.83. The number of nitrogens with two attached hydrogens (primary N) is 1. The number of carbonyl (C=O) groups excluding carboxylic acids is 1. The quantitative estimate of drug-likeness (QED) is 0.911. The number of nitrogens with zero attached hydrogens (tertiary/aromatic N) is 3. The molecule has 0 aliphatic rings. The second-order valence-electron chi connectivity index (χ2n) is 4.17. The van der Waals surface area contributed by atoms with Crippen LogP contribution in [-0.4, -0.2) is 33.7 Å². The van der Waals surface area contributed by atoms with Gasteiger partial charge in [0.25, 0.3) is 5.91 Å². The number of hydrogen-bond donors (Lipinski definition) is 1. The fraction of sp³-hybridized carbons (Fsp3) is 0.286. The lowest BCUT2D eigenvalue weighted by atomic mass is 10.2. The summed E-state index contributed by atoms with van der Waals surface area (Å²) in [7, 11) is 0. The van der Waals surface area contributed by atoms with Gasteiger partial charge >= 0.3 is 0 Å². The molecule has 1 aromatic carbocycles. The van der Waals surface area contributed by atoms with E-state index in [0.29, 0.717) is 24.5 Å². The number of hydrogen-bond acceptors (Lipinski definition) is 3. The van der Waals surface area contributed by atoms with Gasteiger partial charge in [-0.25, -0.2) is 4.68 Å². The zero-order valence-electron chi connectivity index (χ0n) is 11.2. The van der Waals surface area contributed by atoms with Gasteiger partial charge < -0.3 is 10.6 Å². The van der Waals surface area contributed by atoms with Crippen LogP contribution in [0, 0.1) is 0 Å². The predicted molar refractivity (Wildman–Crippen MR) is 75.2 cm³/mol. The second kappa shape index (κ2) is 5.56. The van der Waals surface area contributed by atoms with E-state index in [1.807, 2.05) is 44.2 Å². The molecule has 2 rings (SSSR count). The van der Waals surface area contributed by atoms with E-state index < -0.39 is 0 Å². The fourth-order valence-electron chi connectivity index (χ4n) is 1.98. The Kier molecular flexibility index (Phi) is 3.85. The van der Waals surface area contributed by atoms with Gasteiger partial charge in [-0.1, -0.05) is 18.2 Å². The number of aromatic nitrogens is 2. The highest BCUT2D eigenvalue weighted by atomic mass is 16.2. The Labute approximate surface area is 112 Å². The summed E-state index contributed by atoms with van der Waals surface area (Å²) in [5.74, 6) is 0.299. The lowest BCUT2D eigenvalue weighted by molar-refractivity contribution is 0.0774. The Morgan fingerprint density at radius 1 is 1.26 bits per heavy atom. The van der Waals surface area contributed by atoms with Gasteiger partial charge in [0, 0.05) is 13.1 Å². The Balaban J connectivity index is 2.36. The first-order valence-electron chi connectivity index (χ1n) is 6.37. The Hall–Kier alpha value is -2.30. The topological polar surface area (TPSA) is 64.2 Å². The van der Waals surface area contributed by atoms with Gasteiger partial charge in [0.05, 0.1) is 11.9 Å². The van der Waals surface area contributed by atoms with Crippen LogP contribution in [0.25, 0.3) is 5.69 Å². The number of carbonyl (C=O) groups is 1. The van der Waals surface area contributed by atoms with Gasteiger partial charge in [-0.15, -0.1) is 0 Å². The van der Waals surface area contributed by atoms with E-state index in [1.165, 1.54) is 6.20 Å². The van der Waals surface area contributed by atoms with E-state index in [1.54, 1.807) is 9.58 Å². The largest absolute Gasteiger partial charge is 0.383 e. The molecule has 0 bridgehead atoms. The molecule has 100 valence electrons. The molecule has 5 nitrogen and oxygen atoms in total. The second-order valence-corrected chi connectivity index (χ2v) is 4.17. The number of anilines is 1. The molecule has 0 fully saturated rings. The first kappa shape index (κ1) is 13.1. The third-order valence-corrected chi connectivity index (χ3v) is 3.09. The lowest BCUT2D eigenvalue weighted by Gasteiger charge is -2.17. The first-order chi connectivity index (χ1) is 9.19. The van der Waals surface area contributed by atoms with Crippen LogP contribution < -0.4 is 5.73 Å². The summed E-state index contributed by atoms with van der Waals surface area (Å²) in [6.07, 6.45) is 1.53. The van der Waals surface area contributed by atoms with Crippen molar-refractivity contribution in [1.29, 1.82) is 0 Å². The van der Waals surface area contributed by atoms with E-state index in [0.717, 1.165) is 5.69 Å². The van der Waals surface area contributed by atoms with E-state index in [-0.39, 0.29) is 5.91 Å². The van der Waals surface area contributed by atoms with Crippen LogP contribution >= 0.6 is 0 Å². The minimum atomic E-state index is -0.0790. The zero-order valence-corrected chi connectivity index (χ0v) is 11.2. The maximum Gasteiger partial charge on any atom is 0.259 e. The first-order valence-corrected chi connectivity index (χ1v) is 6.37. The maximum absolute atomic E-state index is 12.3. The molecule has 1 aromatic heterocycles. The molecular formula is C14H18N4O. The summed E-state index contributed by atoms with van der Waals surface area (Å²) in [4.78, 5) is 14.0. The van der Waals surface area contributed by atoms with E-state index in [4.69, 9.17) is 5.73 Å². The normalized spacial score (nSPS) is 10.4. The molecule has 2 aromatic rings. The Morgan fingerprint density at radius 3 is 2.47 bits per heavy atom. The zero-order chi connectivity index (χ0) is 13.8. The van der Waals surface area contributed by atoms with Crippen LogP contribution in [0.15, 0.2) is 36.5 Å². The molecule has 0 saturated carbocycles. The van der Waals surface area contributed by atoms with Crippen LogP contribution in [0.1, 0.15) is 24.2 Å². The van der Waals surface area contributed by atoms with Crippen molar-refractivity contribution in [3.8, 4) is 5.69 Å². The summed E-state index contributed by atoms with van der Waals surface area (Å²) < 4.78 is 1.58. The fourth-order valence-corrected chi connectivity index (χ4v) is 1.98. The van der Waals surface area contributed by atoms with Crippen molar-refractivity contribution in [3.05, 3.63) is 42.1 Å². The van der Waals surface area contributed by atoms with Crippen molar-refractivity contribution >= 4 is 11.7 Å². The number of amides is 1. The summed E-state index contributed by atoms with van der Waals surface area (Å²) in [5.41, 5.74) is 7.33. The maximum atomic E-state index is 12.3. The van der Waals surface area contributed by atoms with Gasteiger partial charge in [-0.2, -0.15) is 5.10 Å². The van der Waals surface area contributed by atoms with Crippen LogP contribution in [-0.2, 0) is 0 Å². The van der Waals surface area contributed by atoms with E-state index in [2.05, 4.69) is 5.10 Å². The van der Waals surface area contributed by atoms with Crippen molar-refractivity contribution in [1.82, 2.24) is 14.7 Å². The molecule has 0 saturated heterocycles. The molecule has 5 heteroatoms. The molecule has 0 aliphatic carbocycles. The van der Waals surface area contributed by atoms with Crippen LogP contribution in [0.4, 0.5) is 5.82 Å². The number of benzene rings is 1. The molecule has 0 unspecified atom stereocenters. The summed E-state index contributed by atoms with van der Waals surface area (Å²) in [6, 6.07) is 9.53. The molecule has 0 radical (unpaired) electrons. The van der Waals surface area contributed by atoms with Crippen molar-refractivity contribution in [3.63, 3.8) is 0 Å². The number of rotatable bonds is 4. The van der Waals surface area contributed by atoms with E-state index in [9.17, 15) is 4.79 Å². The van der Waals surface area contributed by atoms with Gasteiger partial charge in [0.15, 0.2) is 0 Å². The standard InChI is InChI=1S/C14H18N4O/c1-3-17(4-2)14(19)12-10-16-18(13(12)15)11-8-6-5-7-9-11/h5-10H,3-4,15H2,1-2H3. The highest BCUT2D eigenvalue weighted by Crippen LogP contribution is 2.18. The highest BCUT2D eigenvalue weighted by molar-refractivity contribution is 5.98. The average molecular weight is 258 g/mol. The van der Waals surface area contributed by atoms with Crippen LogP contribution in [0.2, 0.25) is 0 Å². The van der Waals surface area contributed by atoms with Crippen molar-refractivity contribution in [2.75, 3.05) is 18.8 Å². The smallest absolute Gasteiger partial charge is 0.259 e. The highest BCUT2D eigenvalue weighted by Gasteiger charge is 2.19.